The molecule has 7 nitrogen and oxygen atoms in total. The molecule has 33 heavy (non-hydrogen) atoms. The quantitative estimate of drug-likeness (QED) is 0.618. The van der Waals surface area contributed by atoms with E-state index in [2.05, 4.69) is 4.98 Å². The first-order chi connectivity index (χ1) is 15.5. The van der Waals surface area contributed by atoms with Gasteiger partial charge < -0.3 is 9.80 Å². The maximum Gasteiger partial charge on any atom is 0.471 e. The number of pyridine rings is 1. The van der Waals surface area contributed by atoms with Crippen LogP contribution in [-0.2, 0) is 27.8 Å². The van der Waals surface area contributed by atoms with Crippen molar-refractivity contribution in [2.45, 2.75) is 24.0 Å². The Hall–Kier alpha value is -2.08. The van der Waals surface area contributed by atoms with Gasteiger partial charge in [0.05, 0.1) is 20.6 Å². The second-order valence-corrected chi connectivity index (χ2v) is 10.5. The Labute approximate surface area is 198 Å². The van der Waals surface area contributed by atoms with Gasteiger partial charge >= 0.3 is 12.1 Å². The third-order valence-corrected chi connectivity index (χ3v) is 8.19. The van der Waals surface area contributed by atoms with Gasteiger partial charge in [-0.2, -0.15) is 17.5 Å². The van der Waals surface area contributed by atoms with Gasteiger partial charge in [-0.3, -0.25) is 9.78 Å². The highest BCUT2D eigenvalue weighted by atomic mass is 35.5. The van der Waals surface area contributed by atoms with Crippen molar-refractivity contribution in [3.63, 3.8) is 0 Å². The fourth-order valence-corrected chi connectivity index (χ4v) is 6.13. The molecular formula is C20H19Cl2F3N4O3S. The first kappa shape index (κ1) is 24.1. The third-order valence-electron chi connectivity index (χ3n) is 5.74. The summed E-state index contributed by atoms with van der Waals surface area (Å²) in [5.74, 6) is -1.93. The minimum absolute atomic E-state index is 0.0176. The van der Waals surface area contributed by atoms with Crippen LogP contribution in [0.4, 0.5) is 18.9 Å². The lowest BCUT2D eigenvalue weighted by Gasteiger charge is -2.36. The Morgan fingerprint density at radius 2 is 1.61 bits per heavy atom. The Kier molecular flexibility index (Phi) is 6.51. The number of benzene rings is 1. The second-order valence-electron chi connectivity index (χ2n) is 7.75. The van der Waals surface area contributed by atoms with E-state index in [-0.39, 0.29) is 37.5 Å². The molecule has 1 amide bonds. The molecule has 3 heterocycles. The predicted octanol–water partition coefficient (Wildman–Crippen LogP) is 3.35. The summed E-state index contributed by atoms with van der Waals surface area (Å²) in [6, 6.07) is 4.42. The molecule has 2 aromatic rings. The summed E-state index contributed by atoms with van der Waals surface area (Å²) < 4.78 is 66.2. The number of amides is 1. The normalized spacial score (nSPS) is 17.7. The SMILES string of the molecule is O=C(N1CCc2ccc(S(=O)(=O)N3CCN(c4c(Cl)cncc4Cl)CC3)cc2C1)C(F)(F)F. The van der Waals surface area contributed by atoms with Gasteiger partial charge in [0.25, 0.3) is 0 Å². The summed E-state index contributed by atoms with van der Waals surface area (Å²) >= 11 is 12.4. The highest BCUT2D eigenvalue weighted by Crippen LogP contribution is 2.34. The van der Waals surface area contributed by atoms with Gasteiger partial charge in [0.15, 0.2) is 0 Å². The molecule has 0 bridgehead atoms. The van der Waals surface area contributed by atoms with Gasteiger partial charge in [-0.15, -0.1) is 0 Å². The first-order valence-corrected chi connectivity index (χ1v) is 12.2. The number of aromatic nitrogens is 1. The molecule has 0 atom stereocenters. The molecule has 0 unspecified atom stereocenters. The zero-order valence-corrected chi connectivity index (χ0v) is 19.5. The molecule has 1 fully saturated rings. The van der Waals surface area contributed by atoms with Gasteiger partial charge in [0, 0.05) is 51.7 Å². The van der Waals surface area contributed by atoms with Crippen molar-refractivity contribution >= 4 is 44.8 Å². The van der Waals surface area contributed by atoms with Crippen LogP contribution in [0.5, 0.6) is 0 Å². The van der Waals surface area contributed by atoms with Crippen molar-refractivity contribution < 1.29 is 26.4 Å². The van der Waals surface area contributed by atoms with Crippen LogP contribution in [-0.4, -0.2) is 67.4 Å². The third kappa shape index (κ3) is 4.77. The lowest BCUT2D eigenvalue weighted by Crippen LogP contribution is -2.49. The number of anilines is 1. The molecule has 0 saturated carbocycles. The predicted molar refractivity (Wildman–Crippen MR) is 117 cm³/mol. The van der Waals surface area contributed by atoms with Gasteiger partial charge in [-0.25, -0.2) is 8.42 Å². The molecular weight excluding hydrogens is 504 g/mol. The van der Waals surface area contributed by atoms with E-state index in [0.29, 0.717) is 39.3 Å². The van der Waals surface area contributed by atoms with Crippen LogP contribution in [0.25, 0.3) is 0 Å². The number of fused-ring (bicyclic) bond motifs is 1. The number of halogens is 5. The first-order valence-electron chi connectivity index (χ1n) is 10.0. The lowest BCUT2D eigenvalue weighted by molar-refractivity contribution is -0.186. The molecule has 4 rings (SSSR count). The number of sulfonamides is 1. The summed E-state index contributed by atoms with van der Waals surface area (Å²) in [7, 11) is -3.88. The van der Waals surface area contributed by atoms with E-state index in [0.717, 1.165) is 5.56 Å². The van der Waals surface area contributed by atoms with Crippen LogP contribution >= 0.6 is 23.2 Å². The van der Waals surface area contributed by atoms with Crippen LogP contribution in [0.15, 0.2) is 35.5 Å². The van der Waals surface area contributed by atoms with Gasteiger partial charge in [-0.1, -0.05) is 29.3 Å². The average Bonchev–Trinajstić information content (AvgIpc) is 2.77. The van der Waals surface area contributed by atoms with E-state index in [4.69, 9.17) is 23.2 Å². The van der Waals surface area contributed by atoms with Crippen molar-refractivity contribution in [3.8, 4) is 0 Å². The highest BCUT2D eigenvalue weighted by Gasteiger charge is 2.43. The number of piperazine rings is 1. The zero-order valence-electron chi connectivity index (χ0n) is 17.1. The second kappa shape index (κ2) is 8.94. The number of carbonyl (C=O) groups excluding carboxylic acids is 1. The summed E-state index contributed by atoms with van der Waals surface area (Å²) in [6.07, 6.45) is -1.82. The molecule has 1 aromatic heterocycles. The summed E-state index contributed by atoms with van der Waals surface area (Å²) in [4.78, 5) is 18.1. The van der Waals surface area contributed by atoms with Gasteiger partial charge in [0.2, 0.25) is 10.0 Å². The summed E-state index contributed by atoms with van der Waals surface area (Å²) in [6.45, 7) is 0.687. The molecule has 2 aliphatic heterocycles. The van der Waals surface area contributed by atoms with Crippen molar-refractivity contribution in [1.29, 1.82) is 0 Å². The molecule has 1 aromatic carbocycles. The minimum Gasteiger partial charge on any atom is -0.366 e. The smallest absolute Gasteiger partial charge is 0.366 e. The number of rotatable bonds is 3. The number of carbonyl (C=O) groups is 1. The standard InChI is InChI=1S/C20H19Cl2F3N4O3S/c21-16-10-26-11-17(22)18(16)27-5-7-29(8-6-27)33(31,32)15-2-1-13-3-4-28(12-14(13)9-15)19(30)20(23,24)25/h1-2,9-11H,3-8,12H2. The summed E-state index contributed by atoms with van der Waals surface area (Å²) in [5, 5.41) is 0.734. The van der Waals surface area contributed by atoms with E-state index < -0.39 is 22.1 Å². The highest BCUT2D eigenvalue weighted by molar-refractivity contribution is 7.89. The molecule has 178 valence electrons. The largest absolute Gasteiger partial charge is 0.471 e. The van der Waals surface area contributed by atoms with Gasteiger partial charge in [-0.05, 0) is 29.7 Å². The van der Waals surface area contributed by atoms with Crippen LogP contribution < -0.4 is 4.90 Å². The van der Waals surface area contributed by atoms with Crippen LogP contribution in [0.2, 0.25) is 10.0 Å². The van der Waals surface area contributed by atoms with E-state index in [1.165, 1.54) is 28.8 Å². The Morgan fingerprint density at radius 1 is 0.970 bits per heavy atom. The molecule has 2 aliphatic rings. The molecule has 0 radical (unpaired) electrons. The van der Waals surface area contributed by atoms with Crippen molar-refractivity contribution in [1.82, 2.24) is 14.2 Å². The topological polar surface area (TPSA) is 73.8 Å². The minimum atomic E-state index is -4.97. The average molecular weight is 523 g/mol. The maximum atomic E-state index is 13.2. The fraction of sp³-hybridized carbons (Fsp3) is 0.400. The molecule has 0 N–H and O–H groups in total. The van der Waals surface area contributed by atoms with Gasteiger partial charge in [0.1, 0.15) is 0 Å². The van der Waals surface area contributed by atoms with E-state index in [9.17, 15) is 26.4 Å². The number of hydrogen-bond acceptors (Lipinski definition) is 5. The number of alkyl halides is 3. The molecule has 0 aliphatic carbocycles. The van der Waals surface area contributed by atoms with Crippen molar-refractivity contribution in [2.75, 3.05) is 37.6 Å². The Bertz CT molecular complexity index is 1170. The van der Waals surface area contributed by atoms with Crippen LogP contribution in [0.3, 0.4) is 0 Å². The molecule has 13 heteroatoms. The van der Waals surface area contributed by atoms with Crippen molar-refractivity contribution in [2.24, 2.45) is 0 Å². The Balaban J connectivity index is 1.50. The fourth-order valence-electron chi connectivity index (χ4n) is 4.05. The van der Waals surface area contributed by atoms with Crippen LogP contribution in [0.1, 0.15) is 11.1 Å². The molecule has 1 saturated heterocycles. The lowest BCUT2D eigenvalue weighted by atomic mass is 10.00. The Morgan fingerprint density at radius 3 is 2.21 bits per heavy atom. The molecule has 0 spiro atoms. The van der Waals surface area contributed by atoms with E-state index in [1.807, 2.05) is 4.90 Å². The monoisotopic (exact) mass is 522 g/mol. The van der Waals surface area contributed by atoms with E-state index >= 15 is 0 Å². The van der Waals surface area contributed by atoms with Crippen molar-refractivity contribution in [3.05, 3.63) is 51.8 Å². The number of nitrogens with zero attached hydrogens (tertiary/aromatic N) is 4. The van der Waals surface area contributed by atoms with Crippen LogP contribution in [0, 0.1) is 0 Å². The van der Waals surface area contributed by atoms with E-state index in [1.54, 1.807) is 6.07 Å². The maximum absolute atomic E-state index is 13.2. The zero-order chi connectivity index (χ0) is 24.0. The number of hydrogen-bond donors (Lipinski definition) is 0. The summed E-state index contributed by atoms with van der Waals surface area (Å²) in [5.41, 5.74) is 1.72.